The van der Waals surface area contributed by atoms with Crippen LogP contribution in [0.5, 0.6) is 0 Å². The summed E-state index contributed by atoms with van der Waals surface area (Å²) < 4.78 is 11.5. The molecule has 0 bridgehead atoms. The highest BCUT2D eigenvalue weighted by Gasteiger charge is 2.20. The zero-order valence-electron chi connectivity index (χ0n) is 17.9. The van der Waals surface area contributed by atoms with E-state index in [1.54, 1.807) is 0 Å². The Labute approximate surface area is 169 Å². The topological polar surface area (TPSA) is 92.7 Å². The molecule has 2 heterocycles. The zero-order valence-corrected chi connectivity index (χ0v) is 17.9. The summed E-state index contributed by atoms with van der Waals surface area (Å²) >= 11 is 0. The summed E-state index contributed by atoms with van der Waals surface area (Å²) in [6.45, 7) is 11.5. The van der Waals surface area contributed by atoms with Crippen LogP contribution >= 0.6 is 0 Å². The third kappa shape index (κ3) is 3.81. The number of aryl methyl sites for hydroxylation is 4. The molecule has 1 atom stereocenters. The fourth-order valence-corrected chi connectivity index (χ4v) is 3.72. The summed E-state index contributed by atoms with van der Waals surface area (Å²) in [6, 6.07) is 1.71. The van der Waals surface area contributed by atoms with E-state index in [1.165, 1.54) is 0 Å². The van der Waals surface area contributed by atoms with Gasteiger partial charge in [-0.05, 0) is 57.2 Å². The molecule has 0 fully saturated rings. The van der Waals surface area contributed by atoms with Crippen LogP contribution in [0.2, 0.25) is 0 Å². The lowest BCUT2D eigenvalue weighted by Gasteiger charge is -2.19. The Hall–Kier alpha value is -2.60. The van der Waals surface area contributed by atoms with Crippen LogP contribution in [0, 0.1) is 33.6 Å². The smallest absolute Gasteiger partial charge is 0.339 e. The van der Waals surface area contributed by atoms with Gasteiger partial charge in [0.1, 0.15) is 16.9 Å². The van der Waals surface area contributed by atoms with E-state index in [0.29, 0.717) is 11.1 Å². The van der Waals surface area contributed by atoms with Gasteiger partial charge in [-0.3, -0.25) is 4.79 Å². The lowest BCUT2D eigenvalue weighted by Crippen LogP contribution is -2.41. The van der Waals surface area contributed by atoms with Crippen molar-refractivity contribution >= 4 is 27.8 Å². The number of furan rings is 1. The number of benzene rings is 1. The van der Waals surface area contributed by atoms with Gasteiger partial charge in [0, 0.05) is 28.3 Å². The zero-order chi connectivity index (χ0) is 21.5. The maximum absolute atomic E-state index is 12.6. The molecule has 0 radical (unpaired) electrons. The van der Waals surface area contributed by atoms with Gasteiger partial charge in [-0.15, -0.1) is 0 Å². The van der Waals surface area contributed by atoms with Crippen molar-refractivity contribution in [2.75, 3.05) is 6.61 Å². The van der Waals surface area contributed by atoms with Crippen molar-refractivity contribution in [3.05, 3.63) is 44.5 Å². The maximum Gasteiger partial charge on any atom is 0.339 e. The van der Waals surface area contributed by atoms with E-state index in [2.05, 4.69) is 5.32 Å². The number of rotatable bonds is 6. The number of hydrogen-bond acceptors (Lipinski definition) is 5. The maximum atomic E-state index is 12.6. The molecular formula is C23H29NO5. The van der Waals surface area contributed by atoms with E-state index in [1.807, 2.05) is 47.6 Å². The minimum Gasteiger partial charge on any atom is -0.461 e. The molecule has 2 N–H and O–H groups in total. The van der Waals surface area contributed by atoms with Crippen LogP contribution in [0.4, 0.5) is 0 Å². The molecule has 156 valence electrons. The molecule has 0 aliphatic carbocycles. The number of hydrogen-bond donors (Lipinski definition) is 2. The second-order valence-corrected chi connectivity index (χ2v) is 8.13. The van der Waals surface area contributed by atoms with Crippen molar-refractivity contribution < 1.29 is 18.7 Å². The standard InChI is InChI=1S/C23H29NO5/c1-11(2)19(10-25)24-20(26)8-7-16-13(4)18-9-17-12(3)15(6)28-21(17)14(5)22(18)29-23(16)27/h9,11,19,25H,7-8,10H2,1-6H3,(H,24,26)/t19-/m1/s1. The summed E-state index contributed by atoms with van der Waals surface area (Å²) in [6.07, 6.45) is 0.443. The molecule has 3 rings (SSSR count). The predicted octanol–water partition coefficient (Wildman–Crippen LogP) is 3.84. The highest BCUT2D eigenvalue weighted by atomic mass is 16.4. The minimum atomic E-state index is -0.423. The molecule has 0 saturated heterocycles. The first-order chi connectivity index (χ1) is 13.6. The van der Waals surface area contributed by atoms with Crippen molar-refractivity contribution in [2.24, 2.45) is 5.92 Å². The summed E-state index contributed by atoms with van der Waals surface area (Å²) in [4.78, 5) is 24.9. The molecule has 0 spiro atoms. The van der Waals surface area contributed by atoms with Gasteiger partial charge in [-0.1, -0.05) is 13.8 Å². The number of amides is 1. The number of aliphatic hydroxyl groups excluding tert-OH is 1. The molecule has 6 nitrogen and oxygen atoms in total. The van der Waals surface area contributed by atoms with E-state index in [4.69, 9.17) is 8.83 Å². The lowest BCUT2D eigenvalue weighted by atomic mass is 9.98. The third-order valence-corrected chi connectivity index (χ3v) is 5.89. The highest BCUT2D eigenvalue weighted by molar-refractivity contribution is 6.00. The van der Waals surface area contributed by atoms with Gasteiger partial charge in [-0.25, -0.2) is 4.79 Å². The summed E-state index contributed by atoms with van der Waals surface area (Å²) in [7, 11) is 0. The van der Waals surface area contributed by atoms with E-state index in [-0.39, 0.29) is 37.3 Å². The Bertz CT molecular complexity index is 1140. The van der Waals surface area contributed by atoms with E-state index < -0.39 is 5.63 Å². The average Bonchev–Trinajstić information content (AvgIpc) is 2.95. The monoisotopic (exact) mass is 399 g/mol. The van der Waals surface area contributed by atoms with Crippen LogP contribution in [-0.2, 0) is 11.2 Å². The van der Waals surface area contributed by atoms with Gasteiger partial charge in [0.2, 0.25) is 5.91 Å². The normalized spacial score (nSPS) is 12.8. The Balaban J connectivity index is 1.97. The van der Waals surface area contributed by atoms with Crippen molar-refractivity contribution in [3.8, 4) is 0 Å². The van der Waals surface area contributed by atoms with E-state index in [0.717, 1.165) is 38.8 Å². The second kappa shape index (κ2) is 8.03. The van der Waals surface area contributed by atoms with Crippen LogP contribution in [0.3, 0.4) is 0 Å². The Morgan fingerprint density at radius 1 is 1.03 bits per heavy atom. The molecule has 1 amide bonds. The molecule has 1 aromatic carbocycles. The number of carbonyl (C=O) groups is 1. The molecule has 29 heavy (non-hydrogen) atoms. The number of aliphatic hydroxyl groups is 1. The third-order valence-electron chi connectivity index (χ3n) is 5.89. The SMILES string of the molecule is Cc1oc2c(C)c3oc(=O)c(CCC(=O)N[C@H](CO)C(C)C)c(C)c3cc2c1C. The molecule has 0 aliphatic rings. The van der Waals surface area contributed by atoms with Gasteiger partial charge in [0.15, 0.2) is 0 Å². The Morgan fingerprint density at radius 3 is 2.28 bits per heavy atom. The van der Waals surface area contributed by atoms with Crippen LogP contribution in [0.15, 0.2) is 19.7 Å². The molecular weight excluding hydrogens is 370 g/mol. The van der Waals surface area contributed by atoms with E-state index in [9.17, 15) is 14.7 Å². The van der Waals surface area contributed by atoms with Crippen molar-refractivity contribution in [1.29, 1.82) is 0 Å². The van der Waals surface area contributed by atoms with Gasteiger partial charge >= 0.3 is 5.63 Å². The van der Waals surface area contributed by atoms with Crippen LogP contribution in [-0.4, -0.2) is 23.7 Å². The molecule has 3 aromatic rings. The summed E-state index contributed by atoms with van der Waals surface area (Å²) in [5.41, 5.74) is 4.06. The Morgan fingerprint density at radius 2 is 1.66 bits per heavy atom. The van der Waals surface area contributed by atoms with Crippen LogP contribution < -0.4 is 10.9 Å². The van der Waals surface area contributed by atoms with Crippen molar-refractivity contribution in [3.63, 3.8) is 0 Å². The Kier molecular flexibility index (Phi) is 5.85. The highest BCUT2D eigenvalue weighted by Crippen LogP contribution is 2.34. The van der Waals surface area contributed by atoms with Crippen molar-refractivity contribution in [2.45, 2.75) is 60.4 Å². The summed E-state index contributed by atoms with van der Waals surface area (Å²) in [5.74, 6) is 0.784. The van der Waals surface area contributed by atoms with Gasteiger partial charge < -0.3 is 19.3 Å². The number of carbonyl (C=O) groups excluding carboxylic acids is 1. The molecule has 0 saturated carbocycles. The average molecular weight is 399 g/mol. The molecule has 0 aliphatic heterocycles. The number of nitrogens with one attached hydrogen (secondary N) is 1. The van der Waals surface area contributed by atoms with Crippen molar-refractivity contribution in [1.82, 2.24) is 5.32 Å². The molecule has 0 unspecified atom stereocenters. The quantitative estimate of drug-likeness (QED) is 0.615. The fraction of sp³-hybridized carbons (Fsp3) is 0.478. The first kappa shape index (κ1) is 21.1. The van der Waals surface area contributed by atoms with Gasteiger partial charge in [0.25, 0.3) is 0 Å². The fourth-order valence-electron chi connectivity index (χ4n) is 3.72. The summed E-state index contributed by atoms with van der Waals surface area (Å²) in [5, 5.41) is 14.1. The second-order valence-electron chi connectivity index (χ2n) is 8.13. The first-order valence-electron chi connectivity index (χ1n) is 10.0. The largest absolute Gasteiger partial charge is 0.461 e. The molecule has 2 aromatic heterocycles. The predicted molar refractivity (Wildman–Crippen MR) is 113 cm³/mol. The minimum absolute atomic E-state index is 0.112. The lowest BCUT2D eigenvalue weighted by molar-refractivity contribution is -0.122. The number of fused-ring (bicyclic) bond motifs is 2. The van der Waals surface area contributed by atoms with Gasteiger partial charge in [-0.2, -0.15) is 0 Å². The van der Waals surface area contributed by atoms with Crippen LogP contribution in [0.1, 0.15) is 48.3 Å². The molecule has 6 heteroatoms. The van der Waals surface area contributed by atoms with Gasteiger partial charge in [0.05, 0.1) is 12.6 Å². The van der Waals surface area contributed by atoms with Crippen LogP contribution in [0.25, 0.3) is 21.9 Å². The van der Waals surface area contributed by atoms with E-state index >= 15 is 0 Å². The first-order valence-corrected chi connectivity index (χ1v) is 10.0.